The molecule has 140 valence electrons. The Kier molecular flexibility index (Phi) is 3.95. The van der Waals surface area contributed by atoms with E-state index in [2.05, 4.69) is 24.8 Å². The van der Waals surface area contributed by atoms with E-state index in [1.807, 2.05) is 24.2 Å². The Labute approximate surface area is 157 Å². The summed E-state index contributed by atoms with van der Waals surface area (Å²) in [6, 6.07) is 2.23. The molecular weight excluding hydrogens is 340 g/mol. The number of hydrogen-bond acceptors (Lipinski definition) is 5. The van der Waals surface area contributed by atoms with Crippen molar-refractivity contribution in [1.82, 2.24) is 24.8 Å². The highest BCUT2D eigenvalue weighted by molar-refractivity contribution is 6.08. The molecular formula is C20H24N6O. The molecule has 3 aromatic heterocycles. The number of nitrogens with one attached hydrogen (secondary N) is 1. The minimum Gasteiger partial charge on any atom is -0.354 e. The van der Waals surface area contributed by atoms with Gasteiger partial charge in [-0.05, 0) is 37.7 Å². The van der Waals surface area contributed by atoms with Crippen molar-refractivity contribution in [1.29, 1.82) is 0 Å². The maximum absolute atomic E-state index is 12.6. The number of fused-ring (bicyclic) bond motifs is 3. The molecule has 1 atom stereocenters. The molecule has 4 heterocycles. The normalized spacial score (nSPS) is 20.3. The number of hydrogen-bond donors (Lipinski definition) is 1. The van der Waals surface area contributed by atoms with Gasteiger partial charge in [-0.1, -0.05) is 0 Å². The third kappa shape index (κ3) is 3.01. The highest BCUT2D eigenvalue weighted by Gasteiger charge is 2.31. The molecule has 0 aromatic carbocycles. The van der Waals surface area contributed by atoms with E-state index in [0.29, 0.717) is 12.3 Å². The molecule has 1 saturated heterocycles. The van der Waals surface area contributed by atoms with E-state index in [9.17, 15) is 4.79 Å². The molecule has 7 heteroatoms. The fourth-order valence-electron chi connectivity index (χ4n) is 4.16. The van der Waals surface area contributed by atoms with Gasteiger partial charge in [-0.3, -0.25) is 4.79 Å². The van der Waals surface area contributed by atoms with Crippen LogP contribution in [0.1, 0.15) is 32.1 Å². The third-order valence-corrected chi connectivity index (χ3v) is 5.96. The Morgan fingerprint density at radius 2 is 2.19 bits per heavy atom. The number of likely N-dealkylation sites (N-methyl/N-ethyl adjacent to an activating group) is 1. The molecule has 0 spiro atoms. The second-order valence-corrected chi connectivity index (χ2v) is 7.85. The lowest BCUT2D eigenvalue weighted by atomic mass is 10.0. The van der Waals surface area contributed by atoms with Crippen LogP contribution in [0.2, 0.25) is 0 Å². The van der Waals surface area contributed by atoms with Gasteiger partial charge < -0.3 is 14.8 Å². The Balaban J connectivity index is 1.45. The van der Waals surface area contributed by atoms with Crippen LogP contribution in [-0.2, 0) is 4.79 Å². The van der Waals surface area contributed by atoms with Gasteiger partial charge in [0.2, 0.25) is 5.91 Å². The maximum Gasteiger partial charge on any atom is 0.222 e. The minimum atomic E-state index is 0.237. The average molecular weight is 364 g/mol. The van der Waals surface area contributed by atoms with Gasteiger partial charge in [0.15, 0.2) is 5.65 Å². The molecule has 5 rings (SSSR count). The molecule has 1 aliphatic carbocycles. The lowest BCUT2D eigenvalue weighted by Gasteiger charge is -2.38. The van der Waals surface area contributed by atoms with Crippen LogP contribution in [0.4, 0.5) is 5.82 Å². The number of carbonyl (C=O) groups is 1. The van der Waals surface area contributed by atoms with E-state index in [4.69, 9.17) is 0 Å². The summed E-state index contributed by atoms with van der Waals surface area (Å²) in [4.78, 5) is 33.5. The number of nitrogens with zero attached hydrogens (tertiary/aromatic N) is 5. The molecule has 2 aliphatic rings. The monoisotopic (exact) mass is 364 g/mol. The first-order chi connectivity index (χ1) is 13.2. The van der Waals surface area contributed by atoms with Crippen LogP contribution >= 0.6 is 0 Å². The minimum absolute atomic E-state index is 0.237. The predicted octanol–water partition coefficient (Wildman–Crippen LogP) is 2.73. The molecule has 0 radical (unpaired) electrons. The molecule has 1 saturated carbocycles. The van der Waals surface area contributed by atoms with Gasteiger partial charge in [0.25, 0.3) is 0 Å². The Morgan fingerprint density at radius 1 is 1.30 bits per heavy atom. The Hall–Kier alpha value is -2.70. The summed E-state index contributed by atoms with van der Waals surface area (Å²) in [5.41, 5.74) is 1.70. The molecule has 1 unspecified atom stereocenters. The number of anilines is 1. The number of rotatable bonds is 4. The van der Waals surface area contributed by atoms with E-state index in [-0.39, 0.29) is 11.9 Å². The summed E-state index contributed by atoms with van der Waals surface area (Å²) in [7, 11) is 1.96. The summed E-state index contributed by atoms with van der Waals surface area (Å²) >= 11 is 0. The van der Waals surface area contributed by atoms with Crippen molar-refractivity contribution in [3.8, 4) is 0 Å². The van der Waals surface area contributed by atoms with Gasteiger partial charge in [0.05, 0.1) is 23.4 Å². The Morgan fingerprint density at radius 3 is 3.04 bits per heavy atom. The second-order valence-electron chi connectivity index (χ2n) is 7.85. The summed E-state index contributed by atoms with van der Waals surface area (Å²) in [6.45, 7) is 1.77. The SMILES string of the molecule is CN(C(=O)CC1CC1)C1CCCN(c2nc[nH]c3cnc4nccc4c23)C1. The van der Waals surface area contributed by atoms with Gasteiger partial charge >= 0.3 is 0 Å². The van der Waals surface area contributed by atoms with Crippen LogP contribution in [0.3, 0.4) is 0 Å². The summed E-state index contributed by atoms with van der Waals surface area (Å²) in [5, 5.41) is 2.08. The molecule has 2 fully saturated rings. The molecule has 0 bridgehead atoms. The van der Waals surface area contributed by atoms with Crippen molar-refractivity contribution in [3.05, 3.63) is 24.8 Å². The molecule has 7 nitrogen and oxygen atoms in total. The fourth-order valence-corrected chi connectivity index (χ4v) is 4.16. The quantitative estimate of drug-likeness (QED) is 0.770. The van der Waals surface area contributed by atoms with Crippen molar-refractivity contribution in [2.45, 2.75) is 38.1 Å². The molecule has 1 aliphatic heterocycles. The zero-order valence-corrected chi connectivity index (χ0v) is 15.6. The standard InChI is InChI=1S/C20H24N6O/c1-25(17(27)9-13-4-5-13)14-3-2-8-26(11-14)20-18-15-6-7-21-19(15)22-10-16(18)23-12-24-20/h6-7,10,12-14H,2-5,8-9,11H2,1H3,(H,23,24). The van der Waals surface area contributed by atoms with Crippen LogP contribution < -0.4 is 4.90 Å². The van der Waals surface area contributed by atoms with E-state index in [1.165, 1.54) is 12.8 Å². The van der Waals surface area contributed by atoms with E-state index < -0.39 is 0 Å². The number of H-pyrrole nitrogens is 1. The summed E-state index contributed by atoms with van der Waals surface area (Å²) in [6.07, 6.45) is 10.6. The lowest BCUT2D eigenvalue weighted by Crippen LogP contribution is -2.49. The number of aromatic amines is 1. The number of amides is 1. The predicted molar refractivity (Wildman–Crippen MR) is 105 cm³/mol. The second kappa shape index (κ2) is 6.48. The van der Waals surface area contributed by atoms with Crippen LogP contribution in [0, 0.1) is 5.92 Å². The highest BCUT2D eigenvalue weighted by atomic mass is 16.2. The first-order valence-electron chi connectivity index (χ1n) is 9.78. The van der Waals surface area contributed by atoms with Gasteiger partial charge in [-0.15, -0.1) is 0 Å². The van der Waals surface area contributed by atoms with E-state index in [1.54, 1.807) is 12.5 Å². The van der Waals surface area contributed by atoms with Gasteiger partial charge in [0, 0.05) is 44.2 Å². The van der Waals surface area contributed by atoms with Crippen LogP contribution in [0.25, 0.3) is 21.9 Å². The number of piperidine rings is 1. The topological polar surface area (TPSA) is 78.0 Å². The number of pyridine rings is 1. The first kappa shape index (κ1) is 16.5. The Bertz CT molecular complexity index is 994. The van der Waals surface area contributed by atoms with Crippen molar-refractivity contribution >= 4 is 33.7 Å². The maximum atomic E-state index is 12.6. The van der Waals surface area contributed by atoms with Gasteiger partial charge in [-0.2, -0.15) is 0 Å². The van der Waals surface area contributed by atoms with E-state index >= 15 is 0 Å². The zero-order valence-electron chi connectivity index (χ0n) is 15.6. The van der Waals surface area contributed by atoms with Gasteiger partial charge in [0.1, 0.15) is 5.82 Å². The van der Waals surface area contributed by atoms with Crippen molar-refractivity contribution < 1.29 is 4.79 Å². The summed E-state index contributed by atoms with van der Waals surface area (Å²) in [5.74, 6) is 1.87. The average Bonchev–Trinajstić information content (AvgIpc) is 3.38. The largest absolute Gasteiger partial charge is 0.354 e. The molecule has 1 amide bonds. The van der Waals surface area contributed by atoms with Crippen molar-refractivity contribution in [2.75, 3.05) is 25.0 Å². The zero-order chi connectivity index (χ0) is 18.4. The molecule has 1 N–H and O–H groups in total. The van der Waals surface area contributed by atoms with Crippen LogP contribution in [-0.4, -0.2) is 56.9 Å². The van der Waals surface area contributed by atoms with E-state index in [0.717, 1.165) is 53.7 Å². The molecule has 3 aromatic rings. The van der Waals surface area contributed by atoms with Crippen LogP contribution in [0.15, 0.2) is 24.8 Å². The smallest absolute Gasteiger partial charge is 0.222 e. The molecule has 27 heavy (non-hydrogen) atoms. The lowest BCUT2D eigenvalue weighted by molar-refractivity contribution is -0.132. The van der Waals surface area contributed by atoms with Crippen molar-refractivity contribution in [3.63, 3.8) is 0 Å². The third-order valence-electron chi connectivity index (χ3n) is 5.96. The number of aromatic nitrogens is 4. The van der Waals surface area contributed by atoms with Crippen molar-refractivity contribution in [2.24, 2.45) is 5.92 Å². The highest BCUT2D eigenvalue weighted by Crippen LogP contribution is 2.34. The summed E-state index contributed by atoms with van der Waals surface area (Å²) < 4.78 is 0. The van der Waals surface area contributed by atoms with Gasteiger partial charge in [-0.25, -0.2) is 15.0 Å². The number of carbonyl (C=O) groups excluding carboxylic acids is 1. The van der Waals surface area contributed by atoms with Crippen LogP contribution in [0.5, 0.6) is 0 Å². The fraction of sp³-hybridized carbons (Fsp3) is 0.500. The first-order valence-corrected chi connectivity index (χ1v) is 9.78.